The molecule has 0 aliphatic rings. The van der Waals surface area contributed by atoms with Gasteiger partial charge in [0.25, 0.3) is 6.43 Å². The van der Waals surface area contributed by atoms with Gasteiger partial charge in [0.2, 0.25) is 0 Å². The minimum atomic E-state index is -2.73. The molecule has 0 aliphatic carbocycles. The average molecular weight is 216 g/mol. The number of carbonyl (C=O) groups excluding carboxylic acids is 1. The van der Waals surface area contributed by atoms with E-state index in [2.05, 4.69) is 4.98 Å². The van der Waals surface area contributed by atoms with Crippen LogP contribution in [0.3, 0.4) is 0 Å². The second-order valence-electron chi connectivity index (χ2n) is 2.74. The smallest absolute Gasteiger partial charge is 0.267 e. The summed E-state index contributed by atoms with van der Waals surface area (Å²) < 4.78 is 29.9. The number of pyridine rings is 1. The molecule has 4 nitrogen and oxygen atoms in total. The van der Waals surface area contributed by atoms with Gasteiger partial charge in [0.1, 0.15) is 5.69 Å². The first kappa shape index (κ1) is 11.5. The van der Waals surface area contributed by atoms with Crippen LogP contribution in [0.1, 0.15) is 28.2 Å². The Balaban J connectivity index is 3.38. The number of aromatic nitrogens is 1. The number of methoxy groups -OCH3 is 1. The monoisotopic (exact) mass is 216 g/mol. The van der Waals surface area contributed by atoms with Gasteiger partial charge in [-0.2, -0.15) is 0 Å². The predicted octanol–water partition coefficient (Wildman–Crippen LogP) is 1.30. The standard InChI is InChI=1S/C9H10F2N2O2/c1-15-8-6(9(10)11)2-5(3-12)13-7(8)4-14/h2,4,9H,3,12H2,1H3. The summed E-state index contributed by atoms with van der Waals surface area (Å²) in [6, 6.07) is 1.14. The highest BCUT2D eigenvalue weighted by Crippen LogP contribution is 2.31. The fraction of sp³-hybridized carbons (Fsp3) is 0.333. The van der Waals surface area contributed by atoms with E-state index >= 15 is 0 Å². The molecule has 0 aliphatic heterocycles. The van der Waals surface area contributed by atoms with Crippen molar-refractivity contribution in [3.05, 3.63) is 23.0 Å². The maximum absolute atomic E-state index is 12.6. The maximum Gasteiger partial charge on any atom is 0.267 e. The fourth-order valence-electron chi connectivity index (χ4n) is 1.20. The predicted molar refractivity (Wildman–Crippen MR) is 49.0 cm³/mol. The van der Waals surface area contributed by atoms with Crippen LogP contribution < -0.4 is 10.5 Å². The van der Waals surface area contributed by atoms with Crippen LogP contribution in [0.4, 0.5) is 8.78 Å². The third kappa shape index (κ3) is 2.27. The van der Waals surface area contributed by atoms with Gasteiger partial charge in [-0.05, 0) is 6.07 Å². The molecule has 1 aromatic heterocycles. The number of hydrogen-bond acceptors (Lipinski definition) is 4. The Morgan fingerprint density at radius 3 is 2.73 bits per heavy atom. The van der Waals surface area contributed by atoms with Crippen molar-refractivity contribution < 1.29 is 18.3 Å². The van der Waals surface area contributed by atoms with E-state index in [1.54, 1.807) is 0 Å². The SMILES string of the molecule is COc1c(C(F)F)cc(CN)nc1C=O. The van der Waals surface area contributed by atoms with Crippen LogP contribution in [0, 0.1) is 0 Å². The highest BCUT2D eigenvalue weighted by Gasteiger charge is 2.19. The summed E-state index contributed by atoms with van der Waals surface area (Å²) in [5, 5.41) is 0. The number of nitrogens with two attached hydrogens (primary N) is 1. The Morgan fingerprint density at radius 2 is 2.33 bits per heavy atom. The zero-order chi connectivity index (χ0) is 11.4. The van der Waals surface area contributed by atoms with Crippen molar-refractivity contribution in [1.29, 1.82) is 0 Å². The molecule has 0 bridgehead atoms. The second kappa shape index (κ2) is 4.79. The van der Waals surface area contributed by atoms with E-state index in [-0.39, 0.29) is 29.2 Å². The maximum atomic E-state index is 12.6. The van der Waals surface area contributed by atoms with Crippen LogP contribution in [0.25, 0.3) is 0 Å². The molecule has 0 spiro atoms. The number of halogens is 2. The van der Waals surface area contributed by atoms with Crippen LogP contribution >= 0.6 is 0 Å². The van der Waals surface area contributed by atoms with Crippen molar-refractivity contribution in [2.24, 2.45) is 5.73 Å². The number of aldehydes is 1. The summed E-state index contributed by atoms with van der Waals surface area (Å²) in [4.78, 5) is 14.4. The highest BCUT2D eigenvalue weighted by molar-refractivity contribution is 5.77. The average Bonchev–Trinajstić information content (AvgIpc) is 2.26. The molecule has 0 amide bonds. The normalized spacial score (nSPS) is 10.5. The van der Waals surface area contributed by atoms with Crippen LogP contribution in [0.5, 0.6) is 5.75 Å². The Kier molecular flexibility index (Phi) is 3.68. The first-order valence-corrected chi connectivity index (χ1v) is 4.15. The van der Waals surface area contributed by atoms with Gasteiger partial charge in [-0.3, -0.25) is 4.79 Å². The van der Waals surface area contributed by atoms with Crippen molar-refractivity contribution in [3.8, 4) is 5.75 Å². The first-order valence-electron chi connectivity index (χ1n) is 4.15. The molecule has 6 heteroatoms. The molecule has 0 saturated heterocycles. The minimum Gasteiger partial charge on any atom is -0.494 e. The Bertz CT molecular complexity index is 369. The van der Waals surface area contributed by atoms with Crippen LogP contribution in [-0.4, -0.2) is 18.4 Å². The highest BCUT2D eigenvalue weighted by atomic mass is 19.3. The summed E-state index contributed by atoms with van der Waals surface area (Å²) in [6.45, 7) is -0.00937. The summed E-state index contributed by atoms with van der Waals surface area (Å²) in [5.74, 6) is -0.197. The number of carbonyl (C=O) groups is 1. The third-order valence-electron chi connectivity index (χ3n) is 1.84. The molecule has 82 valence electrons. The van der Waals surface area contributed by atoms with E-state index in [1.165, 1.54) is 7.11 Å². The summed E-state index contributed by atoms with van der Waals surface area (Å²) >= 11 is 0. The fourth-order valence-corrected chi connectivity index (χ4v) is 1.20. The molecular formula is C9H10F2N2O2. The molecule has 1 rings (SSSR count). The Morgan fingerprint density at radius 1 is 1.67 bits per heavy atom. The van der Waals surface area contributed by atoms with E-state index in [0.717, 1.165) is 6.07 Å². The summed E-state index contributed by atoms with van der Waals surface area (Å²) in [7, 11) is 1.21. The topological polar surface area (TPSA) is 65.2 Å². The van der Waals surface area contributed by atoms with Gasteiger partial charge in [0.05, 0.1) is 18.4 Å². The number of ether oxygens (including phenoxy) is 1. The van der Waals surface area contributed by atoms with Crippen molar-refractivity contribution in [3.63, 3.8) is 0 Å². The van der Waals surface area contributed by atoms with Crippen molar-refractivity contribution >= 4 is 6.29 Å². The molecular weight excluding hydrogens is 206 g/mol. The van der Waals surface area contributed by atoms with E-state index in [4.69, 9.17) is 10.5 Å². The van der Waals surface area contributed by atoms with E-state index in [1.807, 2.05) is 0 Å². The van der Waals surface area contributed by atoms with E-state index in [0.29, 0.717) is 6.29 Å². The molecule has 1 heterocycles. The molecule has 0 atom stereocenters. The van der Waals surface area contributed by atoms with Gasteiger partial charge in [-0.15, -0.1) is 0 Å². The van der Waals surface area contributed by atoms with Crippen LogP contribution in [0.15, 0.2) is 6.07 Å². The molecule has 0 aromatic carbocycles. The van der Waals surface area contributed by atoms with Crippen molar-refractivity contribution in [2.75, 3.05) is 7.11 Å². The zero-order valence-electron chi connectivity index (χ0n) is 8.04. The van der Waals surface area contributed by atoms with Gasteiger partial charge in [0.15, 0.2) is 12.0 Å². The van der Waals surface area contributed by atoms with Gasteiger partial charge >= 0.3 is 0 Å². The third-order valence-corrected chi connectivity index (χ3v) is 1.84. The molecule has 15 heavy (non-hydrogen) atoms. The minimum absolute atomic E-state index is 0.00937. The lowest BCUT2D eigenvalue weighted by atomic mass is 10.1. The lowest BCUT2D eigenvalue weighted by Crippen LogP contribution is -2.07. The Hall–Kier alpha value is -1.56. The van der Waals surface area contributed by atoms with E-state index < -0.39 is 6.43 Å². The molecule has 2 N–H and O–H groups in total. The van der Waals surface area contributed by atoms with Gasteiger partial charge in [-0.1, -0.05) is 0 Å². The Labute approximate surface area is 85.1 Å². The summed E-state index contributed by atoms with van der Waals surface area (Å²) in [5.41, 5.74) is 4.98. The number of hydrogen-bond donors (Lipinski definition) is 1. The molecule has 0 radical (unpaired) electrons. The van der Waals surface area contributed by atoms with Gasteiger partial charge in [0, 0.05) is 6.54 Å². The van der Waals surface area contributed by atoms with Gasteiger partial charge < -0.3 is 10.5 Å². The zero-order valence-corrected chi connectivity index (χ0v) is 8.04. The number of alkyl halides is 2. The number of nitrogens with zero attached hydrogens (tertiary/aromatic N) is 1. The van der Waals surface area contributed by atoms with Gasteiger partial charge in [-0.25, -0.2) is 13.8 Å². The van der Waals surface area contributed by atoms with Crippen LogP contribution in [-0.2, 0) is 6.54 Å². The second-order valence-corrected chi connectivity index (χ2v) is 2.74. The largest absolute Gasteiger partial charge is 0.494 e. The van der Waals surface area contributed by atoms with Crippen LogP contribution in [0.2, 0.25) is 0 Å². The molecule has 0 fully saturated rings. The first-order chi connectivity index (χ1) is 7.13. The molecule has 0 unspecified atom stereocenters. The summed E-state index contributed by atoms with van der Waals surface area (Å²) in [6.07, 6.45) is -2.36. The lowest BCUT2D eigenvalue weighted by molar-refractivity contribution is 0.111. The van der Waals surface area contributed by atoms with Crippen molar-refractivity contribution in [1.82, 2.24) is 4.98 Å². The lowest BCUT2D eigenvalue weighted by Gasteiger charge is -2.10. The molecule has 1 aromatic rings. The number of rotatable bonds is 4. The van der Waals surface area contributed by atoms with E-state index in [9.17, 15) is 13.6 Å². The molecule has 0 saturated carbocycles. The quantitative estimate of drug-likeness (QED) is 0.770. The van der Waals surface area contributed by atoms with Crippen molar-refractivity contribution in [2.45, 2.75) is 13.0 Å².